The summed E-state index contributed by atoms with van der Waals surface area (Å²) in [5.41, 5.74) is 1.86. The standard InChI is InChI=1S/C15H16N4O5S2/c1-2-7-24-19(13-9-16-8-11-15(13)25-10-17-11)26(22,23)14-6-4-3-5-12(14)18(20)21/h2-6,10,13,16H,1,7-9H2. The van der Waals surface area contributed by atoms with Crippen LogP contribution < -0.4 is 5.32 Å². The zero-order valence-corrected chi connectivity index (χ0v) is 15.2. The Morgan fingerprint density at radius 2 is 2.27 bits per heavy atom. The molecule has 0 radical (unpaired) electrons. The molecule has 1 atom stereocenters. The highest BCUT2D eigenvalue weighted by molar-refractivity contribution is 7.89. The smallest absolute Gasteiger partial charge is 0.289 e. The number of rotatable bonds is 7. The summed E-state index contributed by atoms with van der Waals surface area (Å²) in [4.78, 5) is 20.6. The Bertz CT molecular complexity index is 928. The molecular weight excluding hydrogens is 380 g/mol. The lowest BCUT2D eigenvalue weighted by Crippen LogP contribution is -2.42. The van der Waals surface area contributed by atoms with Gasteiger partial charge in [-0.3, -0.25) is 15.0 Å². The van der Waals surface area contributed by atoms with Crippen LogP contribution in [0.1, 0.15) is 16.6 Å². The van der Waals surface area contributed by atoms with Crippen molar-refractivity contribution < 1.29 is 18.2 Å². The molecule has 0 bridgehead atoms. The highest BCUT2D eigenvalue weighted by atomic mass is 32.2. The van der Waals surface area contributed by atoms with Gasteiger partial charge in [-0.25, -0.2) is 13.4 Å². The molecule has 11 heteroatoms. The molecule has 9 nitrogen and oxygen atoms in total. The van der Waals surface area contributed by atoms with E-state index in [1.165, 1.54) is 35.6 Å². The largest absolute Gasteiger partial charge is 0.309 e. The van der Waals surface area contributed by atoms with Crippen LogP contribution in [0.4, 0.5) is 5.69 Å². The van der Waals surface area contributed by atoms with Gasteiger partial charge in [-0.05, 0) is 6.07 Å². The third-order valence-corrected chi connectivity index (χ3v) is 6.46. The average Bonchev–Trinajstić information content (AvgIpc) is 3.11. The summed E-state index contributed by atoms with van der Waals surface area (Å²) in [5, 5.41) is 14.4. The molecule has 3 rings (SSSR count). The molecule has 0 aliphatic carbocycles. The van der Waals surface area contributed by atoms with Gasteiger partial charge in [-0.2, -0.15) is 0 Å². The van der Waals surface area contributed by atoms with Gasteiger partial charge in [-0.1, -0.05) is 22.7 Å². The Hall–Kier alpha value is -2.18. The minimum absolute atomic E-state index is 0.0650. The van der Waals surface area contributed by atoms with E-state index in [1.54, 1.807) is 5.51 Å². The predicted octanol–water partition coefficient (Wildman–Crippen LogP) is 2.00. The molecule has 26 heavy (non-hydrogen) atoms. The second-order valence-corrected chi connectivity index (χ2v) is 8.02. The average molecular weight is 396 g/mol. The van der Waals surface area contributed by atoms with Gasteiger partial charge in [0, 0.05) is 19.2 Å². The molecule has 1 unspecified atom stereocenters. The molecule has 1 N–H and O–H groups in total. The summed E-state index contributed by atoms with van der Waals surface area (Å²) < 4.78 is 27.2. The topological polar surface area (TPSA) is 115 Å². The van der Waals surface area contributed by atoms with Gasteiger partial charge in [0.1, 0.15) is 6.04 Å². The first-order chi connectivity index (χ1) is 12.5. The number of benzene rings is 1. The number of nitrogens with one attached hydrogen (secondary N) is 1. The maximum atomic E-state index is 13.2. The van der Waals surface area contributed by atoms with E-state index in [2.05, 4.69) is 16.9 Å². The number of nitro groups is 1. The third-order valence-electron chi connectivity index (χ3n) is 3.76. The van der Waals surface area contributed by atoms with E-state index >= 15 is 0 Å². The van der Waals surface area contributed by atoms with Gasteiger partial charge in [0.2, 0.25) is 0 Å². The minimum Gasteiger partial charge on any atom is -0.309 e. The zero-order valence-electron chi connectivity index (χ0n) is 13.6. The van der Waals surface area contributed by atoms with Gasteiger partial charge in [0.15, 0.2) is 4.90 Å². The number of sulfonamides is 1. The summed E-state index contributed by atoms with van der Waals surface area (Å²) in [6, 6.07) is 4.51. The normalized spacial score (nSPS) is 17.0. The van der Waals surface area contributed by atoms with Crippen molar-refractivity contribution in [2.24, 2.45) is 0 Å². The third kappa shape index (κ3) is 3.39. The van der Waals surface area contributed by atoms with Crippen LogP contribution in [0.15, 0.2) is 47.3 Å². The maximum Gasteiger partial charge on any atom is 0.289 e. The Morgan fingerprint density at radius 1 is 1.50 bits per heavy atom. The van der Waals surface area contributed by atoms with E-state index in [0.717, 1.165) is 21.1 Å². The molecule has 0 spiro atoms. The lowest BCUT2D eigenvalue weighted by atomic mass is 10.1. The lowest BCUT2D eigenvalue weighted by molar-refractivity contribution is -0.388. The molecule has 2 aromatic rings. The minimum atomic E-state index is -4.31. The van der Waals surface area contributed by atoms with Crippen LogP contribution in [0, 0.1) is 10.1 Å². The fraction of sp³-hybridized carbons (Fsp3) is 0.267. The summed E-state index contributed by atoms with van der Waals surface area (Å²) >= 11 is 1.32. The number of para-hydroxylation sites is 1. The van der Waals surface area contributed by atoms with E-state index in [9.17, 15) is 18.5 Å². The van der Waals surface area contributed by atoms with Crippen LogP contribution >= 0.6 is 11.3 Å². The Labute approximate surface area is 154 Å². The number of nitro benzene ring substituents is 1. The number of aromatic nitrogens is 1. The zero-order chi connectivity index (χ0) is 18.7. The van der Waals surface area contributed by atoms with E-state index in [-0.39, 0.29) is 6.61 Å². The SMILES string of the molecule is C=CCON(C1CNCc2ncsc21)S(=O)(=O)c1ccccc1[N+](=O)[O-]. The Kier molecular flexibility index (Phi) is 5.44. The van der Waals surface area contributed by atoms with E-state index in [1.807, 2.05) is 0 Å². The maximum absolute atomic E-state index is 13.2. The van der Waals surface area contributed by atoms with Gasteiger partial charge in [0.25, 0.3) is 15.7 Å². The Morgan fingerprint density at radius 3 is 3.00 bits per heavy atom. The number of thiazole rings is 1. The molecular formula is C15H16N4O5S2. The predicted molar refractivity (Wildman–Crippen MR) is 94.8 cm³/mol. The van der Waals surface area contributed by atoms with E-state index in [4.69, 9.17) is 4.84 Å². The first-order valence-electron chi connectivity index (χ1n) is 7.61. The molecule has 0 saturated carbocycles. The number of hydroxylamine groups is 1. The van der Waals surface area contributed by atoms with Crippen LogP contribution in [0.5, 0.6) is 0 Å². The molecule has 0 fully saturated rings. The summed E-state index contributed by atoms with van der Waals surface area (Å²) in [7, 11) is -4.31. The van der Waals surface area contributed by atoms with Crippen molar-refractivity contribution in [3.63, 3.8) is 0 Å². The number of nitrogens with zero attached hydrogens (tertiary/aromatic N) is 3. The molecule has 1 aliphatic heterocycles. The van der Waals surface area contributed by atoms with E-state index < -0.39 is 31.6 Å². The van der Waals surface area contributed by atoms with Crippen LogP contribution in [0.25, 0.3) is 0 Å². The van der Waals surface area contributed by atoms with Crippen LogP contribution in [-0.4, -0.2) is 35.9 Å². The second kappa shape index (κ2) is 7.60. The molecule has 138 valence electrons. The number of fused-ring (bicyclic) bond motifs is 1. The van der Waals surface area contributed by atoms with Crippen molar-refractivity contribution >= 4 is 27.0 Å². The van der Waals surface area contributed by atoms with Crippen molar-refractivity contribution in [1.29, 1.82) is 0 Å². The Balaban J connectivity index is 2.09. The molecule has 0 amide bonds. The molecule has 0 saturated heterocycles. The number of hydrogen-bond donors (Lipinski definition) is 1. The van der Waals surface area contributed by atoms with Gasteiger partial charge in [0.05, 0.1) is 27.6 Å². The van der Waals surface area contributed by atoms with Crippen molar-refractivity contribution in [3.8, 4) is 0 Å². The fourth-order valence-electron chi connectivity index (χ4n) is 2.65. The van der Waals surface area contributed by atoms with Gasteiger partial charge in [-0.15, -0.1) is 17.9 Å². The lowest BCUT2D eigenvalue weighted by Gasteiger charge is -2.31. The second-order valence-electron chi connectivity index (χ2n) is 5.38. The highest BCUT2D eigenvalue weighted by Gasteiger charge is 2.40. The molecule has 1 aliphatic rings. The fourth-order valence-corrected chi connectivity index (χ4v) is 5.17. The first kappa shape index (κ1) is 18.6. The summed E-state index contributed by atoms with van der Waals surface area (Å²) in [5.74, 6) is 0. The van der Waals surface area contributed by atoms with Crippen molar-refractivity contribution in [1.82, 2.24) is 14.8 Å². The van der Waals surface area contributed by atoms with E-state index in [0.29, 0.717) is 13.1 Å². The van der Waals surface area contributed by atoms with Crippen molar-refractivity contribution in [2.45, 2.75) is 17.5 Å². The van der Waals surface area contributed by atoms with Gasteiger partial charge >= 0.3 is 0 Å². The number of hydrogen-bond acceptors (Lipinski definition) is 8. The quantitative estimate of drug-likeness (QED) is 0.432. The summed E-state index contributed by atoms with van der Waals surface area (Å²) in [6.45, 7) is 4.29. The monoisotopic (exact) mass is 396 g/mol. The highest BCUT2D eigenvalue weighted by Crippen LogP contribution is 2.36. The van der Waals surface area contributed by atoms with Crippen molar-refractivity contribution in [2.75, 3.05) is 13.2 Å². The van der Waals surface area contributed by atoms with Crippen LogP contribution in [0.2, 0.25) is 0 Å². The van der Waals surface area contributed by atoms with Crippen LogP contribution in [0.3, 0.4) is 0 Å². The molecule has 2 heterocycles. The first-order valence-corrected chi connectivity index (χ1v) is 9.93. The van der Waals surface area contributed by atoms with Crippen LogP contribution in [-0.2, 0) is 21.4 Å². The summed E-state index contributed by atoms with van der Waals surface area (Å²) in [6.07, 6.45) is 1.41. The van der Waals surface area contributed by atoms with Crippen molar-refractivity contribution in [3.05, 3.63) is 63.1 Å². The molecule has 1 aromatic heterocycles. The molecule has 1 aromatic carbocycles. The van der Waals surface area contributed by atoms with Gasteiger partial charge < -0.3 is 5.32 Å².